The van der Waals surface area contributed by atoms with Gasteiger partial charge in [-0.1, -0.05) is 74.5 Å². The fourth-order valence-corrected chi connectivity index (χ4v) is 5.00. The van der Waals surface area contributed by atoms with Gasteiger partial charge in [0.1, 0.15) is 0 Å². The number of hydrogen-bond acceptors (Lipinski definition) is 4. The van der Waals surface area contributed by atoms with Gasteiger partial charge in [-0.05, 0) is 63.0 Å². The summed E-state index contributed by atoms with van der Waals surface area (Å²) in [5.74, 6) is 1.61. The van der Waals surface area contributed by atoms with Crippen molar-refractivity contribution in [3.63, 3.8) is 0 Å². The molecule has 0 spiro atoms. The molecule has 0 saturated carbocycles. The maximum absolute atomic E-state index is 3.43. The second kappa shape index (κ2) is 20.4. The van der Waals surface area contributed by atoms with E-state index in [1.165, 1.54) is 50.1 Å². The van der Waals surface area contributed by atoms with Crippen molar-refractivity contribution < 1.29 is 0 Å². The molecule has 208 valence electrons. The van der Waals surface area contributed by atoms with Crippen molar-refractivity contribution in [1.82, 2.24) is 20.4 Å². The zero-order valence-electron chi connectivity index (χ0n) is 22.3. The minimum atomic E-state index is 0. The average molecular weight is 583 g/mol. The quantitative estimate of drug-likeness (QED) is 0.443. The minimum Gasteiger partial charge on any atom is -0.315 e. The lowest BCUT2D eigenvalue weighted by Gasteiger charge is -2.37. The number of likely N-dealkylation sites (tertiary alicyclic amines) is 2. The van der Waals surface area contributed by atoms with Gasteiger partial charge in [-0.3, -0.25) is 9.80 Å². The Balaban J connectivity index is 0. The molecule has 0 bridgehead atoms. The van der Waals surface area contributed by atoms with Crippen molar-refractivity contribution in [3.8, 4) is 0 Å². The number of nitrogens with zero attached hydrogens (tertiary/aromatic N) is 2. The van der Waals surface area contributed by atoms with Gasteiger partial charge in [0.2, 0.25) is 0 Å². The number of piperidine rings is 2. The second-order valence-electron chi connectivity index (χ2n) is 9.76. The maximum Gasteiger partial charge on any atom is 0.0234 e. The predicted molar refractivity (Wildman–Crippen MR) is 166 cm³/mol. The molecule has 2 N–H and O–H groups in total. The highest BCUT2D eigenvalue weighted by Crippen LogP contribution is 2.19. The van der Waals surface area contributed by atoms with E-state index in [9.17, 15) is 0 Å². The summed E-state index contributed by atoms with van der Waals surface area (Å²) in [4.78, 5) is 5.10. The van der Waals surface area contributed by atoms with Gasteiger partial charge in [0, 0.05) is 38.3 Å². The average Bonchev–Trinajstić information content (AvgIpc) is 2.83. The topological polar surface area (TPSA) is 30.5 Å². The van der Waals surface area contributed by atoms with E-state index in [4.69, 9.17) is 0 Å². The van der Waals surface area contributed by atoms with Gasteiger partial charge in [-0.15, -0.1) is 49.6 Å². The standard InChI is InChI=1S/2C14H22N2.4ClH/c2*1-12-8-9-16(11-14(12)15-2)10-13-6-4-3-5-7-13;;;;/h2*3-7,12,14-15H,8-11H2,1-2H3;4*1H/t2*12-,14-;;;;/m10..../s1. The van der Waals surface area contributed by atoms with Crippen LogP contribution in [0.1, 0.15) is 37.8 Å². The summed E-state index contributed by atoms with van der Waals surface area (Å²) in [7, 11) is 4.15. The Morgan fingerprint density at radius 1 is 0.611 bits per heavy atom. The van der Waals surface area contributed by atoms with Crippen molar-refractivity contribution in [2.75, 3.05) is 40.3 Å². The van der Waals surface area contributed by atoms with E-state index in [0.29, 0.717) is 12.1 Å². The van der Waals surface area contributed by atoms with Gasteiger partial charge < -0.3 is 10.6 Å². The number of hydrogen-bond donors (Lipinski definition) is 2. The van der Waals surface area contributed by atoms with E-state index < -0.39 is 0 Å². The lowest BCUT2D eigenvalue weighted by molar-refractivity contribution is 0.147. The molecule has 2 aliphatic rings. The summed E-state index contributed by atoms with van der Waals surface area (Å²) >= 11 is 0. The van der Waals surface area contributed by atoms with Crippen LogP contribution in [0.3, 0.4) is 0 Å². The summed E-state index contributed by atoms with van der Waals surface area (Å²) in [5, 5.41) is 6.86. The van der Waals surface area contributed by atoms with Crippen molar-refractivity contribution in [2.24, 2.45) is 11.8 Å². The van der Waals surface area contributed by atoms with Gasteiger partial charge in [0.05, 0.1) is 0 Å². The Hall–Kier alpha value is -0.560. The van der Waals surface area contributed by atoms with Crippen LogP contribution in [-0.4, -0.2) is 62.2 Å². The zero-order chi connectivity index (χ0) is 22.8. The van der Waals surface area contributed by atoms with Crippen molar-refractivity contribution in [1.29, 1.82) is 0 Å². The van der Waals surface area contributed by atoms with Crippen LogP contribution in [0, 0.1) is 11.8 Å². The molecule has 2 aromatic rings. The van der Waals surface area contributed by atoms with Crippen molar-refractivity contribution >= 4 is 49.6 Å². The molecule has 2 aromatic carbocycles. The third-order valence-corrected chi connectivity index (χ3v) is 7.32. The van der Waals surface area contributed by atoms with Gasteiger partial charge >= 0.3 is 0 Å². The summed E-state index contributed by atoms with van der Waals surface area (Å²) in [6.45, 7) is 11.7. The van der Waals surface area contributed by atoms with Gasteiger partial charge in [0.25, 0.3) is 0 Å². The van der Waals surface area contributed by atoms with E-state index in [-0.39, 0.29) is 49.6 Å². The fraction of sp³-hybridized carbons (Fsp3) is 0.571. The Kier molecular flexibility index (Phi) is 21.3. The van der Waals surface area contributed by atoms with Gasteiger partial charge in [0.15, 0.2) is 0 Å². The molecule has 2 saturated heterocycles. The van der Waals surface area contributed by atoms with Crippen molar-refractivity contribution in [2.45, 2.75) is 51.9 Å². The number of benzene rings is 2. The van der Waals surface area contributed by atoms with Crippen LogP contribution in [0.2, 0.25) is 0 Å². The highest BCUT2D eigenvalue weighted by Gasteiger charge is 2.25. The summed E-state index contributed by atoms with van der Waals surface area (Å²) < 4.78 is 0. The molecule has 0 amide bonds. The zero-order valence-corrected chi connectivity index (χ0v) is 25.5. The first kappa shape index (κ1) is 37.6. The van der Waals surface area contributed by atoms with E-state index in [1.807, 2.05) is 0 Å². The Labute approximate surface area is 245 Å². The Bertz CT molecular complexity index is 703. The lowest BCUT2D eigenvalue weighted by atomic mass is 9.93. The maximum atomic E-state index is 3.43. The molecule has 4 nitrogen and oxygen atoms in total. The summed E-state index contributed by atoms with van der Waals surface area (Å²) in [5.41, 5.74) is 2.85. The smallest absolute Gasteiger partial charge is 0.0234 e. The molecule has 0 radical (unpaired) electrons. The highest BCUT2D eigenvalue weighted by atomic mass is 35.5. The van der Waals surface area contributed by atoms with Crippen LogP contribution >= 0.6 is 49.6 Å². The van der Waals surface area contributed by atoms with E-state index in [2.05, 4.69) is 109 Å². The van der Waals surface area contributed by atoms with Crippen LogP contribution < -0.4 is 10.6 Å². The minimum absolute atomic E-state index is 0. The monoisotopic (exact) mass is 580 g/mol. The summed E-state index contributed by atoms with van der Waals surface area (Å²) in [6, 6.07) is 22.8. The molecular formula is C28H48Cl4N4. The van der Waals surface area contributed by atoms with Gasteiger partial charge in [-0.25, -0.2) is 0 Å². The third kappa shape index (κ3) is 12.3. The second-order valence-corrected chi connectivity index (χ2v) is 9.76. The number of halogens is 4. The molecule has 2 heterocycles. The van der Waals surface area contributed by atoms with Crippen LogP contribution in [0.5, 0.6) is 0 Å². The van der Waals surface area contributed by atoms with E-state index in [1.54, 1.807) is 0 Å². The fourth-order valence-electron chi connectivity index (χ4n) is 5.00. The first-order valence-electron chi connectivity index (χ1n) is 12.5. The largest absolute Gasteiger partial charge is 0.315 e. The van der Waals surface area contributed by atoms with E-state index in [0.717, 1.165) is 24.9 Å². The van der Waals surface area contributed by atoms with Crippen LogP contribution in [-0.2, 0) is 13.1 Å². The third-order valence-electron chi connectivity index (χ3n) is 7.32. The molecule has 8 heteroatoms. The normalized spacial score (nSPS) is 23.9. The molecule has 4 rings (SSSR count). The number of likely N-dealkylation sites (N-methyl/N-ethyl adjacent to an activating group) is 2. The van der Waals surface area contributed by atoms with Crippen LogP contribution in [0.15, 0.2) is 60.7 Å². The molecule has 0 unspecified atom stereocenters. The highest BCUT2D eigenvalue weighted by molar-refractivity contribution is 5.86. The molecule has 36 heavy (non-hydrogen) atoms. The molecule has 0 aliphatic carbocycles. The Morgan fingerprint density at radius 2 is 0.944 bits per heavy atom. The predicted octanol–water partition coefficient (Wildman–Crippen LogP) is 5.92. The Morgan fingerprint density at radius 3 is 1.25 bits per heavy atom. The first-order valence-corrected chi connectivity index (χ1v) is 12.5. The van der Waals surface area contributed by atoms with Crippen LogP contribution in [0.4, 0.5) is 0 Å². The molecule has 4 atom stereocenters. The van der Waals surface area contributed by atoms with Gasteiger partial charge in [-0.2, -0.15) is 0 Å². The summed E-state index contributed by atoms with van der Waals surface area (Å²) in [6.07, 6.45) is 2.61. The lowest BCUT2D eigenvalue weighted by Crippen LogP contribution is -2.48. The number of rotatable bonds is 6. The molecule has 2 aliphatic heterocycles. The van der Waals surface area contributed by atoms with Crippen molar-refractivity contribution in [3.05, 3.63) is 71.8 Å². The number of nitrogens with one attached hydrogen (secondary N) is 2. The first-order chi connectivity index (χ1) is 15.6. The van der Waals surface area contributed by atoms with E-state index >= 15 is 0 Å². The SMILES string of the molecule is CN[C@@H]1CN(Cc2ccccc2)CC[C@H]1C.CN[C@H]1CN(Cc2ccccc2)CC[C@@H]1C.Cl.Cl.Cl.Cl. The molecular weight excluding hydrogens is 534 g/mol. The molecule has 2 fully saturated rings. The molecule has 0 aromatic heterocycles. The van der Waals surface area contributed by atoms with Crippen LogP contribution in [0.25, 0.3) is 0 Å².